The third-order valence-corrected chi connectivity index (χ3v) is 8.67. The van der Waals surface area contributed by atoms with E-state index in [4.69, 9.17) is 29.4 Å². The lowest BCUT2D eigenvalue weighted by atomic mass is 9.97. The first-order chi connectivity index (χ1) is 19.5. The fraction of sp³-hybridized carbons (Fsp3) is 0.621. The van der Waals surface area contributed by atoms with E-state index in [0.717, 1.165) is 98.9 Å². The van der Waals surface area contributed by atoms with Crippen LogP contribution in [0.1, 0.15) is 69.1 Å². The molecule has 1 saturated carbocycles. The fourth-order valence-corrected chi connectivity index (χ4v) is 6.20. The minimum atomic E-state index is 0.0121. The van der Waals surface area contributed by atoms with E-state index >= 15 is 0 Å². The standard InChI is InChI=1S/C29H38N8O3/c1-4-22-30-21-7-5-6-18(2)24(21)37(22)28-32-25-23(26(33-28)35-14-16-39-17-15-35)31-29(34(25)3)40-20-10-12-36(13-11-20)27(38)19-8-9-19/h5,7,18-20H,4,6,8-17H2,1-3H3. The van der Waals surface area contributed by atoms with Crippen molar-refractivity contribution in [3.8, 4) is 12.0 Å². The number of carbonyl (C=O) groups is 1. The van der Waals surface area contributed by atoms with Gasteiger partial charge in [-0.1, -0.05) is 19.9 Å². The van der Waals surface area contributed by atoms with E-state index in [1.165, 1.54) is 0 Å². The first-order valence-electron chi connectivity index (χ1n) is 14.8. The third kappa shape index (κ3) is 4.44. The maximum Gasteiger partial charge on any atom is 0.298 e. The van der Waals surface area contributed by atoms with Crippen molar-refractivity contribution >= 4 is 29.0 Å². The van der Waals surface area contributed by atoms with Gasteiger partial charge in [-0.3, -0.25) is 13.9 Å². The van der Waals surface area contributed by atoms with Gasteiger partial charge in [0.05, 0.1) is 24.6 Å². The monoisotopic (exact) mass is 546 g/mol. The average Bonchev–Trinajstić information content (AvgIpc) is 3.70. The number of piperidine rings is 1. The zero-order chi connectivity index (χ0) is 27.4. The molecule has 4 aliphatic rings. The summed E-state index contributed by atoms with van der Waals surface area (Å²) in [6.45, 7) is 8.63. The molecule has 212 valence electrons. The second-order valence-electron chi connectivity index (χ2n) is 11.5. The van der Waals surface area contributed by atoms with Gasteiger partial charge in [0.15, 0.2) is 17.0 Å². The van der Waals surface area contributed by atoms with Crippen molar-refractivity contribution in [2.24, 2.45) is 13.0 Å². The largest absolute Gasteiger partial charge is 0.461 e. The number of imidazole rings is 2. The van der Waals surface area contributed by atoms with E-state index in [0.29, 0.717) is 37.0 Å². The molecule has 3 aromatic rings. The summed E-state index contributed by atoms with van der Waals surface area (Å²) >= 11 is 0. The molecular weight excluding hydrogens is 508 g/mol. The zero-order valence-electron chi connectivity index (χ0n) is 23.7. The molecule has 11 nitrogen and oxygen atoms in total. The van der Waals surface area contributed by atoms with Gasteiger partial charge in [0.2, 0.25) is 11.9 Å². The Morgan fingerprint density at radius 2 is 1.82 bits per heavy atom. The number of ether oxygens (including phenoxy) is 2. The lowest BCUT2D eigenvalue weighted by Gasteiger charge is -2.32. The Morgan fingerprint density at radius 3 is 2.55 bits per heavy atom. The molecule has 3 aromatic heterocycles. The molecule has 2 saturated heterocycles. The van der Waals surface area contributed by atoms with Crippen molar-refractivity contribution < 1.29 is 14.3 Å². The Hall–Kier alpha value is -3.47. The highest BCUT2D eigenvalue weighted by atomic mass is 16.5. The van der Waals surface area contributed by atoms with Crippen LogP contribution in [0.4, 0.5) is 5.82 Å². The molecule has 0 bridgehead atoms. The van der Waals surface area contributed by atoms with Gasteiger partial charge in [-0.25, -0.2) is 4.98 Å². The summed E-state index contributed by atoms with van der Waals surface area (Å²) in [4.78, 5) is 36.9. The van der Waals surface area contributed by atoms with Gasteiger partial charge in [0.1, 0.15) is 11.9 Å². The highest BCUT2D eigenvalue weighted by Gasteiger charge is 2.36. The normalized spacial score (nSPS) is 21.7. The molecule has 0 N–H and O–H groups in total. The number of fused-ring (bicyclic) bond motifs is 2. The predicted molar refractivity (Wildman–Crippen MR) is 151 cm³/mol. The topological polar surface area (TPSA) is 103 Å². The molecule has 1 amide bonds. The molecule has 2 aliphatic carbocycles. The number of aryl methyl sites for hydroxylation is 2. The van der Waals surface area contributed by atoms with Crippen LogP contribution < -0.4 is 9.64 Å². The maximum absolute atomic E-state index is 12.5. The van der Waals surface area contributed by atoms with E-state index in [-0.39, 0.29) is 12.0 Å². The van der Waals surface area contributed by atoms with E-state index in [9.17, 15) is 4.79 Å². The number of allylic oxidation sites excluding steroid dienone is 1. The van der Waals surface area contributed by atoms with Crippen molar-refractivity contribution in [1.29, 1.82) is 0 Å². The van der Waals surface area contributed by atoms with Crippen molar-refractivity contribution in [2.45, 2.75) is 64.4 Å². The average molecular weight is 547 g/mol. The number of nitrogens with zero attached hydrogens (tertiary/aromatic N) is 8. The van der Waals surface area contributed by atoms with E-state index in [2.05, 4.69) is 35.5 Å². The lowest BCUT2D eigenvalue weighted by Crippen LogP contribution is -2.42. The highest BCUT2D eigenvalue weighted by Crippen LogP contribution is 2.35. The summed E-state index contributed by atoms with van der Waals surface area (Å²) in [6, 6.07) is 0.544. The molecule has 11 heteroatoms. The molecule has 0 spiro atoms. The molecular formula is C29H38N8O3. The summed E-state index contributed by atoms with van der Waals surface area (Å²) in [7, 11) is 1.96. The van der Waals surface area contributed by atoms with Crippen LogP contribution in [0.3, 0.4) is 0 Å². The molecule has 2 aliphatic heterocycles. The molecule has 3 fully saturated rings. The fourth-order valence-electron chi connectivity index (χ4n) is 6.20. The number of rotatable bonds is 6. The molecule has 0 radical (unpaired) electrons. The van der Waals surface area contributed by atoms with E-state index in [1.807, 2.05) is 16.5 Å². The second kappa shape index (κ2) is 10.2. The Balaban J connectivity index is 1.26. The number of morpholine rings is 1. The maximum atomic E-state index is 12.5. The quantitative estimate of drug-likeness (QED) is 0.464. The number of carbonyl (C=O) groups excluding carboxylic acids is 1. The van der Waals surface area contributed by atoms with Gasteiger partial charge in [-0.05, 0) is 25.3 Å². The number of aromatic nitrogens is 6. The van der Waals surface area contributed by atoms with Gasteiger partial charge < -0.3 is 19.3 Å². The first-order valence-corrected chi connectivity index (χ1v) is 14.8. The van der Waals surface area contributed by atoms with Gasteiger partial charge in [-0.2, -0.15) is 15.0 Å². The van der Waals surface area contributed by atoms with Crippen LogP contribution in [0, 0.1) is 5.92 Å². The number of hydrogen-bond acceptors (Lipinski definition) is 8. The minimum absolute atomic E-state index is 0.0121. The Bertz CT molecular complexity index is 1460. The van der Waals surface area contributed by atoms with Crippen LogP contribution in [0.25, 0.3) is 23.2 Å². The van der Waals surface area contributed by atoms with Crippen LogP contribution in [0.15, 0.2) is 6.08 Å². The van der Waals surface area contributed by atoms with Crippen molar-refractivity contribution in [3.63, 3.8) is 0 Å². The summed E-state index contributed by atoms with van der Waals surface area (Å²) in [6.07, 6.45) is 9.78. The SMILES string of the molecule is CCc1nc2c(n1-c1nc(N3CCOCC3)c3nc(OC4CCN(C(=O)C5CC5)CC4)n(C)c3n1)C(C)CC=C2. The summed E-state index contributed by atoms with van der Waals surface area (Å²) in [5.41, 5.74) is 3.65. The summed E-state index contributed by atoms with van der Waals surface area (Å²) in [5.74, 6) is 3.29. The van der Waals surface area contributed by atoms with Crippen LogP contribution in [-0.2, 0) is 23.0 Å². The summed E-state index contributed by atoms with van der Waals surface area (Å²) in [5, 5.41) is 0. The predicted octanol–water partition coefficient (Wildman–Crippen LogP) is 3.25. The molecule has 1 atom stereocenters. The number of anilines is 1. The minimum Gasteiger partial charge on any atom is -0.461 e. The highest BCUT2D eigenvalue weighted by molar-refractivity contribution is 5.85. The van der Waals surface area contributed by atoms with Crippen molar-refractivity contribution in [1.82, 2.24) is 34.0 Å². The molecule has 7 rings (SSSR count). The van der Waals surface area contributed by atoms with Gasteiger partial charge >= 0.3 is 0 Å². The number of likely N-dealkylation sites (tertiary alicyclic amines) is 1. The van der Waals surface area contributed by atoms with E-state index in [1.54, 1.807) is 0 Å². The first kappa shape index (κ1) is 25.5. The van der Waals surface area contributed by atoms with Crippen LogP contribution >= 0.6 is 0 Å². The number of hydrogen-bond donors (Lipinski definition) is 0. The number of amides is 1. The Kier molecular flexibility index (Phi) is 6.48. The third-order valence-electron chi connectivity index (χ3n) is 8.67. The van der Waals surface area contributed by atoms with Crippen LogP contribution in [0.2, 0.25) is 0 Å². The van der Waals surface area contributed by atoms with Gasteiger partial charge in [-0.15, -0.1) is 0 Å². The second-order valence-corrected chi connectivity index (χ2v) is 11.5. The molecule has 5 heterocycles. The van der Waals surface area contributed by atoms with Gasteiger partial charge in [0.25, 0.3) is 6.01 Å². The van der Waals surface area contributed by atoms with Gasteiger partial charge in [0, 0.05) is 64.3 Å². The molecule has 0 aromatic carbocycles. The van der Waals surface area contributed by atoms with E-state index < -0.39 is 0 Å². The molecule has 40 heavy (non-hydrogen) atoms. The molecule has 1 unspecified atom stereocenters. The van der Waals surface area contributed by atoms with Crippen molar-refractivity contribution in [2.75, 3.05) is 44.3 Å². The van der Waals surface area contributed by atoms with Crippen LogP contribution in [-0.4, -0.2) is 85.4 Å². The van der Waals surface area contributed by atoms with Crippen molar-refractivity contribution in [3.05, 3.63) is 23.3 Å². The smallest absolute Gasteiger partial charge is 0.298 e. The lowest BCUT2D eigenvalue weighted by molar-refractivity contribution is -0.134. The Labute approximate surface area is 234 Å². The Morgan fingerprint density at radius 1 is 1.05 bits per heavy atom. The zero-order valence-corrected chi connectivity index (χ0v) is 23.7. The summed E-state index contributed by atoms with van der Waals surface area (Å²) < 4.78 is 16.2. The van der Waals surface area contributed by atoms with Crippen LogP contribution in [0.5, 0.6) is 6.01 Å².